The Morgan fingerprint density at radius 3 is 2.20 bits per heavy atom. The minimum Gasteiger partial charge on any atom is -0.744 e. The Kier molecular flexibility index (Phi) is 16.4. The maximum Gasteiger partial charge on any atom is 1.00 e. The zero-order valence-electron chi connectivity index (χ0n) is 25.9. The summed E-state index contributed by atoms with van der Waals surface area (Å²) in [5, 5.41) is 37.1. The van der Waals surface area contributed by atoms with Gasteiger partial charge in [-0.15, -0.1) is 10.2 Å². The third-order valence-corrected chi connectivity index (χ3v) is 8.35. The van der Waals surface area contributed by atoms with Crippen LogP contribution in [0.2, 0.25) is 0 Å². The Balaban J connectivity index is 0.00000289. The minimum absolute atomic E-state index is 0. The number of aromatic nitrogens is 3. The quantitative estimate of drug-likeness (QED) is 0.0185. The Labute approximate surface area is 352 Å². The van der Waals surface area contributed by atoms with Crippen molar-refractivity contribution in [2.24, 2.45) is 10.2 Å². The number of hydrogen-bond donors (Lipinski definition) is 4. The number of azo groups is 1. The molecule has 0 aliphatic carbocycles. The number of nitrogens with zero attached hydrogens (tertiary/aromatic N) is 5. The number of anilines is 5. The summed E-state index contributed by atoms with van der Waals surface area (Å²) in [6, 6.07) is 13.6. The molecule has 0 atom stereocenters. The van der Waals surface area contributed by atoms with Gasteiger partial charge in [-0.2, -0.15) is 23.7 Å². The number of phenolic OH excluding ortho intramolecular Hbond substituents is 1. The molecule has 0 radical (unpaired) electrons. The average molecular weight is 773 g/mol. The van der Waals surface area contributed by atoms with Gasteiger partial charge in [0.2, 0.25) is 11.9 Å². The summed E-state index contributed by atoms with van der Waals surface area (Å²) in [5.41, 5.74) is 5.41. The number of hydrogen-bond acceptors (Lipinski definition) is 19. The second-order valence-corrected chi connectivity index (χ2v) is 12.5. The van der Waals surface area contributed by atoms with Gasteiger partial charge < -0.3 is 35.8 Å². The number of nitrogen functional groups attached to an aromatic ring is 1. The molecule has 0 aliphatic heterocycles. The molecular formula is C25H16FN8Na3O10S3. The molecular weight excluding hydrogens is 756 g/mol. The third kappa shape index (κ3) is 11.0. The fraction of sp³-hybridized carbons (Fsp3) is 0. The number of aromatic hydroxyl groups is 1. The molecule has 5 aromatic rings. The van der Waals surface area contributed by atoms with Gasteiger partial charge in [0.15, 0.2) is 0 Å². The molecule has 1 aromatic heterocycles. The van der Waals surface area contributed by atoms with Crippen LogP contribution in [-0.4, -0.2) is 46.0 Å². The molecule has 5 N–H and O–H groups in total. The van der Waals surface area contributed by atoms with Gasteiger partial charge in [-0.3, -0.25) is 5.04 Å². The average Bonchev–Trinajstić information content (AvgIpc) is 2.99. The first-order chi connectivity index (χ1) is 22.2. The molecule has 25 heteroatoms. The summed E-state index contributed by atoms with van der Waals surface area (Å²) in [7, 11) is -10.1. The van der Waals surface area contributed by atoms with Crippen molar-refractivity contribution in [3.05, 3.63) is 72.8 Å². The molecule has 0 aliphatic rings. The topological polar surface area (TPSA) is 290 Å². The van der Waals surface area contributed by atoms with Crippen molar-refractivity contribution in [2.75, 3.05) is 16.4 Å². The standard InChI is InChI=1S/C25H19FN8O10S3.3Na/c26-23-30-24(32-25(31-23)29-16-3-1-2-4-19(16)45-44-43-36)28-13-6-8-20(47(40,41)42)17(10-13)33-34-22-15(27)7-5-12-9-14(46(37,38)39)11-18(35)21(12)22;;;/h1-11,35-36H,27H2,(H,37,38,39)(H,40,41,42)(H2,28,29,30,31,32);;;/q;3*+1/p-3. The van der Waals surface area contributed by atoms with Crippen LogP contribution in [0.15, 0.2) is 91.6 Å². The van der Waals surface area contributed by atoms with Crippen LogP contribution in [-0.2, 0) is 29.6 Å². The van der Waals surface area contributed by atoms with Crippen molar-refractivity contribution in [3.8, 4) is 5.75 Å². The molecule has 50 heavy (non-hydrogen) atoms. The van der Waals surface area contributed by atoms with Crippen molar-refractivity contribution < 1.29 is 139 Å². The summed E-state index contributed by atoms with van der Waals surface area (Å²) >= 11 is 0.559. The van der Waals surface area contributed by atoms with Crippen LogP contribution < -0.4 is 110 Å². The minimum atomic E-state index is -5.13. The zero-order chi connectivity index (χ0) is 33.9. The number of nitrogens with one attached hydrogen (secondary N) is 2. The van der Waals surface area contributed by atoms with Gasteiger partial charge in [0.1, 0.15) is 37.4 Å². The van der Waals surface area contributed by atoms with Crippen LogP contribution in [0.5, 0.6) is 5.75 Å². The van der Waals surface area contributed by atoms with Gasteiger partial charge in [0.25, 0.3) is 0 Å². The van der Waals surface area contributed by atoms with Crippen LogP contribution in [0.1, 0.15) is 0 Å². The van der Waals surface area contributed by atoms with Crippen LogP contribution in [0, 0.1) is 6.08 Å². The maximum atomic E-state index is 14.4. The first-order valence-electron chi connectivity index (χ1n) is 12.4. The Morgan fingerprint density at radius 2 is 1.54 bits per heavy atom. The molecule has 4 aromatic carbocycles. The van der Waals surface area contributed by atoms with Crippen LogP contribution in [0.4, 0.5) is 44.7 Å². The van der Waals surface area contributed by atoms with Gasteiger partial charge in [-0.1, -0.05) is 18.2 Å². The number of benzene rings is 4. The number of nitrogens with two attached hydrogens (primary N) is 1. The van der Waals surface area contributed by atoms with Gasteiger partial charge in [0, 0.05) is 5.69 Å². The number of rotatable bonds is 11. The van der Waals surface area contributed by atoms with Crippen LogP contribution in [0.3, 0.4) is 0 Å². The molecule has 0 spiro atoms. The van der Waals surface area contributed by atoms with Crippen LogP contribution in [0.25, 0.3) is 10.8 Å². The summed E-state index contributed by atoms with van der Waals surface area (Å²) in [6.45, 7) is 0. The van der Waals surface area contributed by atoms with Crippen molar-refractivity contribution >= 4 is 83.4 Å². The summed E-state index contributed by atoms with van der Waals surface area (Å²) in [5.74, 6) is -1.37. The van der Waals surface area contributed by atoms with E-state index in [0.717, 1.165) is 24.3 Å². The van der Waals surface area contributed by atoms with Crippen molar-refractivity contribution in [2.45, 2.75) is 14.7 Å². The first-order valence-corrected chi connectivity index (χ1v) is 16.0. The van der Waals surface area contributed by atoms with Gasteiger partial charge in [0.05, 0.1) is 43.5 Å². The Hall–Kier alpha value is -2.07. The largest absolute Gasteiger partial charge is 1.00 e. The third-order valence-electron chi connectivity index (χ3n) is 6.00. The molecule has 0 amide bonds. The van der Waals surface area contributed by atoms with Crippen molar-refractivity contribution in [1.82, 2.24) is 15.0 Å². The Morgan fingerprint density at radius 1 is 0.860 bits per heavy atom. The van der Waals surface area contributed by atoms with E-state index in [1.54, 1.807) is 18.2 Å². The molecule has 244 valence electrons. The zero-order valence-corrected chi connectivity index (χ0v) is 34.3. The van der Waals surface area contributed by atoms with E-state index in [4.69, 9.17) is 5.73 Å². The summed E-state index contributed by atoms with van der Waals surface area (Å²) < 4.78 is 89.1. The van der Waals surface area contributed by atoms with Gasteiger partial charge >= 0.3 is 94.8 Å². The molecule has 0 fully saturated rings. The molecule has 0 unspecified atom stereocenters. The van der Waals surface area contributed by atoms with E-state index in [2.05, 4.69) is 45.2 Å². The Bertz CT molecular complexity index is 2280. The molecule has 18 nitrogen and oxygen atoms in total. The van der Waals surface area contributed by atoms with E-state index in [0.29, 0.717) is 28.7 Å². The van der Waals surface area contributed by atoms with E-state index in [1.165, 1.54) is 18.2 Å². The van der Waals surface area contributed by atoms with Gasteiger partial charge in [-0.05, 0) is 53.9 Å². The van der Waals surface area contributed by atoms with E-state index in [9.17, 15) is 40.7 Å². The number of para-hydroxylation sites is 1. The predicted octanol–water partition coefficient (Wildman–Crippen LogP) is -5.59. The van der Waals surface area contributed by atoms with Crippen LogP contribution >= 0.6 is 12.0 Å². The number of phenols is 1. The molecule has 0 saturated heterocycles. The molecule has 1 heterocycles. The van der Waals surface area contributed by atoms with Crippen molar-refractivity contribution in [1.29, 1.82) is 0 Å². The van der Waals surface area contributed by atoms with Crippen molar-refractivity contribution in [3.63, 3.8) is 0 Å². The summed E-state index contributed by atoms with van der Waals surface area (Å²) in [6.07, 6.45) is -1.23. The molecule has 5 rings (SSSR count). The van der Waals surface area contributed by atoms with Gasteiger partial charge in [-0.25, -0.2) is 16.8 Å². The predicted molar refractivity (Wildman–Crippen MR) is 157 cm³/mol. The molecule has 0 saturated carbocycles. The fourth-order valence-corrected chi connectivity index (χ4v) is 5.62. The second kappa shape index (κ2) is 18.6. The number of halogens is 1. The van der Waals surface area contributed by atoms with E-state index in [1.807, 2.05) is 0 Å². The smallest absolute Gasteiger partial charge is 0.744 e. The summed E-state index contributed by atoms with van der Waals surface area (Å²) in [4.78, 5) is 9.94. The normalized spacial score (nSPS) is 11.4. The van der Waals surface area contributed by atoms with E-state index in [-0.39, 0.29) is 128 Å². The SMILES string of the molecule is Nc1ccc2cc(S(=O)(=O)[O-])cc(O)c2c1N=Nc1cc(Nc2nc(F)nc(Nc3ccccc3SOO[O-])n2)ccc1S(=O)(=O)[O-].[Na+].[Na+].[Na+]. The van der Waals surface area contributed by atoms with E-state index < -0.39 is 47.5 Å². The maximum absolute atomic E-state index is 14.4. The first kappa shape index (κ1) is 44.1. The number of fused-ring (bicyclic) bond motifs is 1. The van der Waals surface area contributed by atoms with E-state index >= 15 is 0 Å². The fourth-order valence-electron chi connectivity index (χ4n) is 4.06. The molecule has 0 bridgehead atoms. The monoisotopic (exact) mass is 772 g/mol. The second-order valence-electron chi connectivity index (χ2n) is 9.05.